The average Bonchev–Trinajstić information content (AvgIpc) is 2.89. The van der Waals surface area contributed by atoms with Gasteiger partial charge in [-0.15, -0.1) is 11.6 Å². The first kappa shape index (κ1) is 17.2. The lowest BCUT2D eigenvalue weighted by Crippen LogP contribution is -2.35. The summed E-state index contributed by atoms with van der Waals surface area (Å²) in [6.07, 6.45) is 2.67. The highest BCUT2D eigenvalue weighted by Gasteiger charge is 2.27. The predicted molar refractivity (Wildman–Crippen MR) is 89.0 cm³/mol. The predicted octanol–water partition coefficient (Wildman–Crippen LogP) is 2.04. The third-order valence-electron chi connectivity index (χ3n) is 4.07. The lowest BCUT2D eigenvalue weighted by molar-refractivity contribution is 0.0909. The standard InChI is InChI=1S/C15H17ClN2O5S/c1-10(16)14(19)18-12-6-5-11(9-13(12)23-15(18)20)24(21,22)17-7-3-2-4-8-17/h5-6,9-10H,2-4,7-8H2,1H3/t10-/m0/s1. The van der Waals surface area contributed by atoms with Crippen molar-refractivity contribution in [2.45, 2.75) is 36.5 Å². The van der Waals surface area contributed by atoms with Gasteiger partial charge in [0.15, 0.2) is 5.58 Å². The van der Waals surface area contributed by atoms with Crippen LogP contribution in [0.2, 0.25) is 0 Å². The molecule has 1 fully saturated rings. The minimum atomic E-state index is -3.64. The van der Waals surface area contributed by atoms with Gasteiger partial charge in [0.05, 0.1) is 10.4 Å². The minimum Gasteiger partial charge on any atom is -0.407 e. The summed E-state index contributed by atoms with van der Waals surface area (Å²) in [5.41, 5.74) is 0.249. The Bertz CT molecular complexity index is 938. The van der Waals surface area contributed by atoms with Crippen molar-refractivity contribution >= 4 is 38.6 Å². The van der Waals surface area contributed by atoms with E-state index in [0.29, 0.717) is 13.1 Å². The smallest absolute Gasteiger partial charge is 0.407 e. The quantitative estimate of drug-likeness (QED) is 0.769. The van der Waals surface area contributed by atoms with Crippen LogP contribution < -0.4 is 5.76 Å². The van der Waals surface area contributed by atoms with Crippen molar-refractivity contribution < 1.29 is 17.6 Å². The van der Waals surface area contributed by atoms with Gasteiger partial charge in [0.1, 0.15) is 5.38 Å². The number of sulfonamides is 1. The highest BCUT2D eigenvalue weighted by Crippen LogP contribution is 2.24. The highest BCUT2D eigenvalue weighted by atomic mass is 35.5. The van der Waals surface area contributed by atoms with Gasteiger partial charge in [-0.25, -0.2) is 17.8 Å². The summed E-state index contributed by atoms with van der Waals surface area (Å²) in [6, 6.07) is 4.06. The summed E-state index contributed by atoms with van der Waals surface area (Å²) in [7, 11) is -3.64. The zero-order chi connectivity index (χ0) is 17.5. The van der Waals surface area contributed by atoms with Crippen molar-refractivity contribution in [3.63, 3.8) is 0 Å². The first-order valence-corrected chi connectivity index (χ1v) is 9.54. The van der Waals surface area contributed by atoms with Gasteiger partial charge in [0, 0.05) is 19.2 Å². The number of nitrogens with zero attached hydrogens (tertiary/aromatic N) is 2. The molecule has 9 heteroatoms. The van der Waals surface area contributed by atoms with Gasteiger partial charge in [-0.05, 0) is 31.9 Å². The third-order valence-corrected chi connectivity index (χ3v) is 6.15. The van der Waals surface area contributed by atoms with Crippen LogP contribution in [-0.2, 0) is 10.0 Å². The molecule has 0 amide bonds. The van der Waals surface area contributed by atoms with E-state index in [0.717, 1.165) is 23.8 Å². The van der Waals surface area contributed by atoms with E-state index in [1.807, 2.05) is 0 Å². The number of carbonyl (C=O) groups excluding carboxylic acids is 1. The maximum atomic E-state index is 12.7. The molecular formula is C15H17ClN2O5S. The number of hydrogen-bond acceptors (Lipinski definition) is 5. The van der Waals surface area contributed by atoms with Crippen LogP contribution in [0.15, 0.2) is 32.3 Å². The molecule has 2 heterocycles. The van der Waals surface area contributed by atoms with Crippen LogP contribution in [-0.4, -0.2) is 41.7 Å². The number of halogens is 1. The summed E-state index contributed by atoms with van der Waals surface area (Å²) in [5, 5.41) is -0.903. The van der Waals surface area contributed by atoms with E-state index in [1.54, 1.807) is 0 Å². The SMILES string of the molecule is C[C@H](Cl)C(=O)n1c(=O)oc2cc(S(=O)(=O)N3CCCCC3)ccc21. The highest BCUT2D eigenvalue weighted by molar-refractivity contribution is 7.89. The number of carbonyl (C=O) groups is 1. The lowest BCUT2D eigenvalue weighted by Gasteiger charge is -2.25. The van der Waals surface area contributed by atoms with Crippen LogP contribution in [0.25, 0.3) is 11.1 Å². The van der Waals surface area contributed by atoms with Gasteiger partial charge in [-0.3, -0.25) is 4.79 Å². The first-order valence-electron chi connectivity index (χ1n) is 7.66. The molecule has 0 aliphatic carbocycles. The molecule has 24 heavy (non-hydrogen) atoms. The van der Waals surface area contributed by atoms with Crippen molar-refractivity contribution in [2.24, 2.45) is 0 Å². The Hall–Kier alpha value is -1.64. The monoisotopic (exact) mass is 372 g/mol. The van der Waals surface area contributed by atoms with Gasteiger partial charge in [0.2, 0.25) is 10.0 Å². The molecule has 0 spiro atoms. The number of oxazole rings is 1. The van der Waals surface area contributed by atoms with Crippen LogP contribution in [0, 0.1) is 0 Å². The molecule has 0 saturated carbocycles. The van der Waals surface area contributed by atoms with Crippen LogP contribution in [0.5, 0.6) is 0 Å². The molecule has 0 N–H and O–H groups in total. The number of hydrogen-bond donors (Lipinski definition) is 0. The van der Waals surface area contributed by atoms with E-state index < -0.39 is 27.1 Å². The molecule has 1 aliphatic rings. The molecular weight excluding hydrogens is 356 g/mol. The second-order valence-electron chi connectivity index (χ2n) is 5.75. The molecule has 1 atom stereocenters. The fourth-order valence-corrected chi connectivity index (χ4v) is 4.43. The molecule has 1 aromatic carbocycles. The van der Waals surface area contributed by atoms with Gasteiger partial charge in [-0.1, -0.05) is 6.42 Å². The molecule has 0 radical (unpaired) electrons. The van der Waals surface area contributed by atoms with Crippen molar-refractivity contribution in [1.82, 2.24) is 8.87 Å². The number of piperidine rings is 1. The zero-order valence-electron chi connectivity index (χ0n) is 13.1. The molecule has 0 bridgehead atoms. The minimum absolute atomic E-state index is 0.0451. The van der Waals surface area contributed by atoms with Crippen LogP contribution in [0.4, 0.5) is 0 Å². The average molecular weight is 373 g/mol. The molecule has 1 aromatic heterocycles. The molecule has 2 aromatic rings. The second kappa shape index (κ2) is 6.34. The number of aromatic nitrogens is 1. The van der Waals surface area contributed by atoms with E-state index in [4.69, 9.17) is 16.0 Å². The van der Waals surface area contributed by atoms with Crippen molar-refractivity contribution in [2.75, 3.05) is 13.1 Å². The molecule has 1 saturated heterocycles. The summed E-state index contributed by atoms with van der Waals surface area (Å²) in [4.78, 5) is 24.0. The fraction of sp³-hybridized carbons (Fsp3) is 0.467. The largest absolute Gasteiger partial charge is 0.426 e. The number of rotatable bonds is 3. The molecule has 130 valence electrons. The molecule has 7 nitrogen and oxygen atoms in total. The Morgan fingerprint density at radius 3 is 2.54 bits per heavy atom. The van der Waals surface area contributed by atoms with E-state index in [1.165, 1.54) is 29.4 Å². The number of benzene rings is 1. The van der Waals surface area contributed by atoms with E-state index >= 15 is 0 Å². The van der Waals surface area contributed by atoms with E-state index in [2.05, 4.69) is 0 Å². The van der Waals surface area contributed by atoms with Gasteiger partial charge in [0.25, 0.3) is 5.91 Å². The summed E-state index contributed by atoms with van der Waals surface area (Å²) in [6.45, 7) is 2.41. The first-order chi connectivity index (χ1) is 11.3. The Morgan fingerprint density at radius 2 is 1.92 bits per heavy atom. The second-order valence-corrected chi connectivity index (χ2v) is 8.34. The summed E-state index contributed by atoms with van der Waals surface area (Å²) >= 11 is 5.74. The third kappa shape index (κ3) is 2.89. The molecule has 0 unspecified atom stereocenters. The maximum Gasteiger partial charge on any atom is 0.426 e. The Labute approximate surface area is 143 Å². The maximum absolute atomic E-state index is 12.7. The summed E-state index contributed by atoms with van der Waals surface area (Å²) in [5.74, 6) is -1.50. The van der Waals surface area contributed by atoms with Gasteiger partial charge >= 0.3 is 5.76 Å². The molecule has 3 rings (SSSR count). The topological polar surface area (TPSA) is 89.6 Å². The van der Waals surface area contributed by atoms with Crippen molar-refractivity contribution in [3.8, 4) is 0 Å². The molecule has 1 aliphatic heterocycles. The lowest BCUT2D eigenvalue weighted by atomic mass is 10.2. The Morgan fingerprint density at radius 1 is 1.25 bits per heavy atom. The number of fused-ring (bicyclic) bond motifs is 1. The Balaban J connectivity index is 2.07. The number of alkyl halides is 1. The van der Waals surface area contributed by atoms with Crippen molar-refractivity contribution in [1.29, 1.82) is 0 Å². The summed E-state index contributed by atoms with van der Waals surface area (Å²) < 4.78 is 32.6. The Kier molecular flexibility index (Phi) is 4.54. The zero-order valence-corrected chi connectivity index (χ0v) is 14.6. The van der Waals surface area contributed by atoms with E-state index in [9.17, 15) is 18.0 Å². The van der Waals surface area contributed by atoms with Gasteiger partial charge < -0.3 is 4.42 Å². The van der Waals surface area contributed by atoms with Crippen LogP contribution in [0.3, 0.4) is 0 Å². The normalized spacial score (nSPS) is 17.9. The fourth-order valence-electron chi connectivity index (χ4n) is 2.80. The van der Waals surface area contributed by atoms with Crippen molar-refractivity contribution in [3.05, 3.63) is 28.7 Å². The van der Waals surface area contributed by atoms with Gasteiger partial charge in [-0.2, -0.15) is 4.31 Å². The van der Waals surface area contributed by atoms with E-state index in [-0.39, 0.29) is 16.0 Å². The van der Waals surface area contributed by atoms with Crippen LogP contribution in [0.1, 0.15) is 31.0 Å². The van der Waals surface area contributed by atoms with Crippen LogP contribution >= 0.6 is 11.6 Å².